The van der Waals surface area contributed by atoms with Crippen molar-refractivity contribution in [2.75, 3.05) is 0 Å². The highest BCUT2D eigenvalue weighted by atomic mass is 32.1. The van der Waals surface area contributed by atoms with Crippen molar-refractivity contribution in [1.29, 1.82) is 5.26 Å². The lowest BCUT2D eigenvalue weighted by Crippen LogP contribution is -2.20. The topological polar surface area (TPSA) is 64.5 Å². The molecule has 0 fully saturated rings. The third kappa shape index (κ3) is 2.93. The van der Waals surface area contributed by atoms with Gasteiger partial charge in [-0.3, -0.25) is 0 Å². The van der Waals surface area contributed by atoms with E-state index in [0.29, 0.717) is 0 Å². The third-order valence-electron chi connectivity index (χ3n) is 2.56. The number of hydrogen-bond donors (Lipinski definition) is 2. The number of aromatic amines is 1. The Hall–Kier alpha value is -1.64. The number of nitriles is 1. The Morgan fingerprint density at radius 1 is 1.65 bits per heavy atom. The normalized spacial score (nSPS) is 12.2. The summed E-state index contributed by atoms with van der Waals surface area (Å²) in [6.07, 6.45) is 4.57. The van der Waals surface area contributed by atoms with Gasteiger partial charge in [0.2, 0.25) is 0 Å². The maximum absolute atomic E-state index is 8.75. The van der Waals surface area contributed by atoms with Crippen LogP contribution in [0.4, 0.5) is 0 Å². The van der Waals surface area contributed by atoms with Gasteiger partial charge in [-0.25, -0.2) is 4.98 Å². The van der Waals surface area contributed by atoms with Crippen LogP contribution in [0.15, 0.2) is 23.8 Å². The number of imidazole rings is 1. The minimum atomic E-state index is 0.234. The summed E-state index contributed by atoms with van der Waals surface area (Å²) in [7, 11) is 0. The van der Waals surface area contributed by atoms with E-state index in [9.17, 15) is 0 Å². The molecule has 0 bridgehead atoms. The van der Waals surface area contributed by atoms with Gasteiger partial charge < -0.3 is 10.3 Å². The molecule has 2 rings (SSSR count). The van der Waals surface area contributed by atoms with E-state index in [1.807, 2.05) is 17.6 Å². The second-order valence-corrected chi connectivity index (χ2v) is 4.73. The largest absolute Gasteiger partial charge is 0.347 e. The molecule has 2 N–H and O–H groups in total. The average molecular weight is 246 g/mol. The van der Waals surface area contributed by atoms with Gasteiger partial charge in [0.25, 0.3) is 0 Å². The fourth-order valence-electron chi connectivity index (χ4n) is 1.66. The highest BCUT2D eigenvalue weighted by Gasteiger charge is 2.11. The molecule has 0 amide bonds. The highest BCUT2D eigenvalue weighted by Crippen LogP contribution is 2.17. The lowest BCUT2D eigenvalue weighted by atomic mass is 10.2. The minimum Gasteiger partial charge on any atom is -0.347 e. The number of nitrogens with zero attached hydrogens (tertiary/aromatic N) is 2. The van der Waals surface area contributed by atoms with Gasteiger partial charge in [0, 0.05) is 29.2 Å². The van der Waals surface area contributed by atoms with E-state index in [-0.39, 0.29) is 6.04 Å². The van der Waals surface area contributed by atoms with E-state index < -0.39 is 0 Å². The summed E-state index contributed by atoms with van der Waals surface area (Å²) in [6, 6.07) is 4.30. The Labute approximate surface area is 104 Å². The van der Waals surface area contributed by atoms with Gasteiger partial charge in [-0.05, 0) is 12.5 Å². The van der Waals surface area contributed by atoms with E-state index in [0.717, 1.165) is 24.4 Å². The molecule has 0 aliphatic rings. The molecule has 17 heavy (non-hydrogen) atoms. The number of hydrogen-bond acceptors (Lipinski definition) is 4. The lowest BCUT2D eigenvalue weighted by Gasteiger charge is -2.13. The van der Waals surface area contributed by atoms with Gasteiger partial charge in [0.1, 0.15) is 11.9 Å². The van der Waals surface area contributed by atoms with Crippen molar-refractivity contribution in [2.45, 2.75) is 25.9 Å². The maximum atomic E-state index is 8.75. The third-order valence-corrected chi connectivity index (χ3v) is 3.50. The molecule has 0 spiro atoms. The molecule has 0 saturated heterocycles. The van der Waals surface area contributed by atoms with Gasteiger partial charge >= 0.3 is 0 Å². The molecule has 1 unspecified atom stereocenters. The predicted octanol–water partition coefficient (Wildman–Crippen LogP) is 2.58. The number of H-pyrrole nitrogens is 1. The molecule has 0 aliphatic heterocycles. The summed E-state index contributed by atoms with van der Waals surface area (Å²) in [5, 5.41) is 14.1. The van der Waals surface area contributed by atoms with Crippen LogP contribution < -0.4 is 5.32 Å². The molecular weight excluding hydrogens is 232 g/mol. The van der Waals surface area contributed by atoms with Crippen LogP contribution in [0.25, 0.3) is 0 Å². The fourth-order valence-corrected chi connectivity index (χ4v) is 2.42. The van der Waals surface area contributed by atoms with E-state index >= 15 is 0 Å². The average Bonchev–Trinajstić information content (AvgIpc) is 3.00. The standard InChI is InChI=1S/C12H14N4S/c1-2-11(12-14-3-4-15-12)16-7-10-5-9(6-13)8-17-10/h3-5,8,11,16H,2,7H2,1H3,(H,14,15). The van der Waals surface area contributed by atoms with Crippen molar-refractivity contribution in [2.24, 2.45) is 0 Å². The molecule has 0 radical (unpaired) electrons. The van der Waals surface area contributed by atoms with Crippen LogP contribution in [0.2, 0.25) is 0 Å². The Kier molecular flexibility index (Phi) is 3.91. The summed E-state index contributed by atoms with van der Waals surface area (Å²) >= 11 is 1.61. The Bertz CT molecular complexity index is 495. The van der Waals surface area contributed by atoms with Crippen LogP contribution >= 0.6 is 11.3 Å². The van der Waals surface area contributed by atoms with Crippen LogP contribution in [0, 0.1) is 11.3 Å². The molecular formula is C12H14N4S. The zero-order valence-corrected chi connectivity index (χ0v) is 10.4. The first-order chi connectivity index (χ1) is 8.33. The molecule has 1 atom stereocenters. The SMILES string of the molecule is CCC(NCc1cc(C#N)cs1)c1ncc[nH]1. The summed E-state index contributed by atoms with van der Waals surface area (Å²) in [5.74, 6) is 0.963. The number of thiophene rings is 1. The first kappa shape index (κ1) is 11.8. The van der Waals surface area contributed by atoms with Crippen LogP contribution in [-0.4, -0.2) is 9.97 Å². The second kappa shape index (κ2) is 5.62. The van der Waals surface area contributed by atoms with Crippen LogP contribution in [-0.2, 0) is 6.54 Å². The van der Waals surface area contributed by atoms with E-state index in [4.69, 9.17) is 5.26 Å². The zero-order valence-electron chi connectivity index (χ0n) is 9.60. The number of rotatable bonds is 5. The summed E-state index contributed by atoms with van der Waals surface area (Å²) in [5.41, 5.74) is 0.734. The van der Waals surface area contributed by atoms with Gasteiger partial charge in [-0.15, -0.1) is 11.3 Å². The summed E-state index contributed by atoms with van der Waals surface area (Å²) in [6.45, 7) is 2.89. The molecule has 2 aromatic rings. The van der Waals surface area contributed by atoms with E-state index in [1.54, 1.807) is 17.5 Å². The minimum absolute atomic E-state index is 0.234. The number of aromatic nitrogens is 2. The van der Waals surface area contributed by atoms with Crippen LogP contribution in [0.1, 0.15) is 35.7 Å². The lowest BCUT2D eigenvalue weighted by molar-refractivity contribution is 0.500. The molecule has 5 heteroatoms. The van der Waals surface area contributed by atoms with Gasteiger partial charge in [0.15, 0.2) is 0 Å². The van der Waals surface area contributed by atoms with Gasteiger partial charge in [-0.2, -0.15) is 5.26 Å². The van der Waals surface area contributed by atoms with Crippen molar-refractivity contribution in [3.63, 3.8) is 0 Å². The molecule has 0 saturated carbocycles. The van der Waals surface area contributed by atoms with Crippen molar-refractivity contribution >= 4 is 11.3 Å². The predicted molar refractivity (Wildman–Crippen MR) is 67.5 cm³/mol. The smallest absolute Gasteiger partial charge is 0.123 e. The van der Waals surface area contributed by atoms with Crippen LogP contribution in [0.5, 0.6) is 0 Å². The van der Waals surface area contributed by atoms with Crippen LogP contribution in [0.3, 0.4) is 0 Å². The monoisotopic (exact) mass is 246 g/mol. The first-order valence-corrected chi connectivity index (χ1v) is 6.41. The Balaban J connectivity index is 1.95. The second-order valence-electron chi connectivity index (χ2n) is 3.73. The Morgan fingerprint density at radius 2 is 2.53 bits per heavy atom. The zero-order chi connectivity index (χ0) is 12.1. The summed E-state index contributed by atoms with van der Waals surface area (Å²) in [4.78, 5) is 8.55. The molecule has 0 aliphatic carbocycles. The first-order valence-electron chi connectivity index (χ1n) is 5.53. The molecule has 4 nitrogen and oxygen atoms in total. The van der Waals surface area contributed by atoms with Gasteiger partial charge in [-0.1, -0.05) is 6.92 Å². The maximum Gasteiger partial charge on any atom is 0.123 e. The molecule has 88 valence electrons. The van der Waals surface area contributed by atoms with E-state index in [2.05, 4.69) is 28.3 Å². The van der Waals surface area contributed by atoms with Gasteiger partial charge in [0.05, 0.1) is 11.6 Å². The fraction of sp³-hybridized carbons (Fsp3) is 0.333. The molecule has 0 aromatic carbocycles. The quantitative estimate of drug-likeness (QED) is 0.852. The molecule has 2 aromatic heterocycles. The van der Waals surface area contributed by atoms with Crippen molar-refractivity contribution in [1.82, 2.24) is 15.3 Å². The molecule has 2 heterocycles. The highest BCUT2D eigenvalue weighted by molar-refractivity contribution is 7.10. The van der Waals surface area contributed by atoms with Crippen molar-refractivity contribution in [3.05, 3.63) is 40.1 Å². The van der Waals surface area contributed by atoms with Crippen molar-refractivity contribution in [3.8, 4) is 6.07 Å². The number of nitrogens with one attached hydrogen (secondary N) is 2. The van der Waals surface area contributed by atoms with E-state index in [1.165, 1.54) is 4.88 Å². The summed E-state index contributed by atoms with van der Waals surface area (Å²) < 4.78 is 0. The van der Waals surface area contributed by atoms with Crippen molar-refractivity contribution < 1.29 is 0 Å². The Morgan fingerprint density at radius 3 is 3.12 bits per heavy atom.